The molecule has 0 atom stereocenters. The molecular formula is C19H19F2N3O4S2. The SMILES string of the molecule is O=C(OCc1nc2ccccc2n1C(F)F)C1CCN(S(=O)(=O)c2cccs2)CC1. The van der Waals surface area contributed by atoms with E-state index in [4.69, 9.17) is 4.74 Å². The lowest BCUT2D eigenvalue weighted by Gasteiger charge is -2.29. The summed E-state index contributed by atoms with van der Waals surface area (Å²) in [5.74, 6) is -1.04. The molecule has 11 heteroatoms. The summed E-state index contributed by atoms with van der Waals surface area (Å²) >= 11 is 1.15. The van der Waals surface area contributed by atoms with Crippen molar-refractivity contribution in [2.24, 2.45) is 5.92 Å². The highest BCUT2D eigenvalue weighted by Crippen LogP contribution is 2.28. The summed E-state index contributed by atoms with van der Waals surface area (Å²) in [6.07, 6.45) is 0.628. The third kappa shape index (κ3) is 3.96. The number of ether oxygens (including phenoxy) is 1. The van der Waals surface area contributed by atoms with Gasteiger partial charge in [0.2, 0.25) is 0 Å². The maximum Gasteiger partial charge on any atom is 0.320 e. The Bertz CT molecular complexity index is 1140. The fourth-order valence-electron chi connectivity index (χ4n) is 3.54. The first kappa shape index (κ1) is 20.9. The largest absolute Gasteiger partial charge is 0.457 e. The Hall–Kier alpha value is -2.37. The second kappa shape index (κ2) is 8.40. The van der Waals surface area contributed by atoms with Crippen molar-refractivity contribution < 1.29 is 26.7 Å². The van der Waals surface area contributed by atoms with Gasteiger partial charge >= 0.3 is 12.5 Å². The van der Waals surface area contributed by atoms with Gasteiger partial charge in [-0.2, -0.15) is 13.1 Å². The molecule has 0 aliphatic carbocycles. The summed E-state index contributed by atoms with van der Waals surface area (Å²) in [5, 5.41) is 1.70. The molecule has 1 aliphatic rings. The second-order valence-electron chi connectivity index (χ2n) is 6.88. The number of esters is 1. The van der Waals surface area contributed by atoms with Crippen LogP contribution in [0.15, 0.2) is 46.0 Å². The number of nitrogens with zero attached hydrogens (tertiary/aromatic N) is 3. The molecule has 0 radical (unpaired) electrons. The van der Waals surface area contributed by atoms with E-state index >= 15 is 0 Å². The number of alkyl halides is 2. The van der Waals surface area contributed by atoms with Gasteiger partial charge in [0.15, 0.2) is 5.82 Å². The van der Waals surface area contributed by atoms with Crippen molar-refractivity contribution in [1.29, 1.82) is 0 Å². The highest BCUT2D eigenvalue weighted by molar-refractivity contribution is 7.91. The van der Waals surface area contributed by atoms with Gasteiger partial charge in [0.1, 0.15) is 10.8 Å². The third-order valence-electron chi connectivity index (χ3n) is 5.08. The molecule has 30 heavy (non-hydrogen) atoms. The van der Waals surface area contributed by atoms with Gasteiger partial charge in [-0.05, 0) is 36.4 Å². The number of piperidine rings is 1. The van der Waals surface area contributed by atoms with Crippen molar-refractivity contribution in [2.45, 2.75) is 30.2 Å². The topological polar surface area (TPSA) is 81.5 Å². The smallest absolute Gasteiger partial charge is 0.320 e. The van der Waals surface area contributed by atoms with E-state index in [9.17, 15) is 22.0 Å². The molecule has 0 spiro atoms. The number of hydrogen-bond acceptors (Lipinski definition) is 6. The summed E-state index contributed by atoms with van der Waals surface area (Å²) in [5.41, 5.74) is 0.668. The lowest BCUT2D eigenvalue weighted by molar-refractivity contribution is -0.151. The number of para-hydroxylation sites is 2. The van der Waals surface area contributed by atoms with Crippen LogP contribution >= 0.6 is 11.3 Å². The number of carbonyl (C=O) groups is 1. The number of imidazole rings is 1. The fraction of sp³-hybridized carbons (Fsp3) is 0.368. The van der Waals surface area contributed by atoms with Gasteiger partial charge in [0.05, 0.1) is 17.0 Å². The van der Waals surface area contributed by atoms with E-state index in [1.807, 2.05) is 0 Å². The normalized spacial score (nSPS) is 16.4. The van der Waals surface area contributed by atoms with Crippen LogP contribution in [0, 0.1) is 5.92 Å². The van der Waals surface area contributed by atoms with E-state index < -0.39 is 28.5 Å². The van der Waals surface area contributed by atoms with Crippen LogP contribution in [0.1, 0.15) is 25.2 Å². The van der Waals surface area contributed by atoms with Crippen LogP contribution < -0.4 is 0 Å². The number of fused-ring (bicyclic) bond motifs is 1. The molecule has 0 bridgehead atoms. The zero-order valence-electron chi connectivity index (χ0n) is 15.8. The van der Waals surface area contributed by atoms with Crippen LogP contribution in [-0.2, 0) is 26.2 Å². The van der Waals surface area contributed by atoms with Gasteiger partial charge in [-0.25, -0.2) is 13.4 Å². The highest BCUT2D eigenvalue weighted by atomic mass is 32.2. The van der Waals surface area contributed by atoms with Crippen molar-refractivity contribution >= 4 is 38.4 Å². The third-order valence-corrected chi connectivity index (χ3v) is 8.36. The summed E-state index contributed by atoms with van der Waals surface area (Å²) < 4.78 is 59.7. The Labute approximate surface area is 175 Å². The number of halogens is 2. The average molecular weight is 456 g/mol. The van der Waals surface area contributed by atoms with Gasteiger partial charge in [0, 0.05) is 13.1 Å². The molecule has 1 aromatic carbocycles. The molecule has 0 N–H and O–H groups in total. The van der Waals surface area contributed by atoms with Crippen LogP contribution in [0.2, 0.25) is 0 Å². The van der Waals surface area contributed by atoms with E-state index in [1.54, 1.807) is 35.7 Å². The fourth-order valence-corrected chi connectivity index (χ4v) is 6.15. The molecule has 2 aromatic heterocycles. The van der Waals surface area contributed by atoms with E-state index in [0.717, 1.165) is 15.9 Å². The van der Waals surface area contributed by atoms with E-state index in [1.165, 1.54) is 10.4 Å². The molecule has 0 amide bonds. The zero-order valence-corrected chi connectivity index (χ0v) is 17.4. The maximum atomic E-state index is 13.5. The molecule has 1 aliphatic heterocycles. The molecular weight excluding hydrogens is 436 g/mol. The molecule has 0 saturated carbocycles. The van der Waals surface area contributed by atoms with Gasteiger partial charge < -0.3 is 4.74 Å². The molecule has 3 heterocycles. The van der Waals surface area contributed by atoms with Crippen molar-refractivity contribution in [1.82, 2.24) is 13.9 Å². The van der Waals surface area contributed by atoms with Crippen molar-refractivity contribution in [3.63, 3.8) is 0 Å². The predicted molar refractivity (Wildman–Crippen MR) is 107 cm³/mol. The standard InChI is InChI=1S/C19H19F2N3O4S2/c20-19(21)24-15-5-2-1-4-14(15)22-16(24)12-28-18(25)13-7-9-23(10-8-13)30(26,27)17-6-3-11-29-17/h1-6,11,13,19H,7-10,12H2. The summed E-state index contributed by atoms with van der Waals surface area (Å²) in [6.45, 7) is -2.77. The van der Waals surface area contributed by atoms with Crippen LogP contribution in [0.5, 0.6) is 0 Å². The minimum Gasteiger partial charge on any atom is -0.457 e. The lowest BCUT2D eigenvalue weighted by Crippen LogP contribution is -2.40. The quantitative estimate of drug-likeness (QED) is 0.530. The first-order valence-electron chi connectivity index (χ1n) is 9.32. The number of rotatable bonds is 6. The number of aromatic nitrogens is 2. The summed E-state index contributed by atoms with van der Waals surface area (Å²) in [4.78, 5) is 16.6. The Kier molecular flexibility index (Phi) is 5.85. The van der Waals surface area contributed by atoms with E-state index in [0.29, 0.717) is 18.4 Å². The van der Waals surface area contributed by atoms with Crippen LogP contribution in [0.25, 0.3) is 11.0 Å². The van der Waals surface area contributed by atoms with Crippen LogP contribution in [0.3, 0.4) is 0 Å². The minimum atomic E-state index is -3.55. The number of carbonyl (C=O) groups excluding carboxylic acids is 1. The van der Waals surface area contributed by atoms with Crippen LogP contribution in [-0.4, -0.2) is 41.3 Å². The summed E-state index contributed by atoms with van der Waals surface area (Å²) in [6, 6.07) is 9.70. The Balaban J connectivity index is 1.38. The average Bonchev–Trinajstić information content (AvgIpc) is 3.40. The minimum absolute atomic E-state index is 0.0303. The van der Waals surface area contributed by atoms with Crippen molar-refractivity contribution in [3.8, 4) is 0 Å². The molecule has 160 valence electrons. The monoisotopic (exact) mass is 455 g/mol. The molecule has 1 saturated heterocycles. The van der Waals surface area contributed by atoms with E-state index in [2.05, 4.69) is 4.98 Å². The maximum absolute atomic E-state index is 13.5. The highest BCUT2D eigenvalue weighted by Gasteiger charge is 2.33. The van der Waals surface area contributed by atoms with Crippen molar-refractivity contribution in [2.75, 3.05) is 13.1 Å². The number of hydrogen-bond donors (Lipinski definition) is 0. The lowest BCUT2D eigenvalue weighted by atomic mass is 9.98. The number of benzene rings is 1. The Morgan fingerprint density at radius 2 is 1.93 bits per heavy atom. The second-order valence-corrected chi connectivity index (χ2v) is 10.00. The van der Waals surface area contributed by atoms with Gasteiger partial charge in [-0.15, -0.1) is 11.3 Å². The first-order chi connectivity index (χ1) is 14.4. The van der Waals surface area contributed by atoms with Crippen LogP contribution in [0.4, 0.5) is 8.78 Å². The molecule has 3 aromatic rings. The number of thiophene rings is 1. The first-order valence-corrected chi connectivity index (χ1v) is 11.6. The van der Waals surface area contributed by atoms with Gasteiger partial charge in [-0.1, -0.05) is 18.2 Å². The molecule has 7 nitrogen and oxygen atoms in total. The van der Waals surface area contributed by atoms with Crippen molar-refractivity contribution in [3.05, 3.63) is 47.6 Å². The Morgan fingerprint density at radius 1 is 1.20 bits per heavy atom. The predicted octanol–water partition coefficient (Wildman–Crippen LogP) is 3.64. The number of sulfonamides is 1. The molecule has 0 unspecified atom stereocenters. The van der Waals surface area contributed by atoms with Gasteiger partial charge in [-0.3, -0.25) is 9.36 Å². The van der Waals surface area contributed by atoms with E-state index in [-0.39, 0.29) is 35.2 Å². The Morgan fingerprint density at radius 3 is 2.60 bits per heavy atom. The summed E-state index contributed by atoms with van der Waals surface area (Å²) in [7, 11) is -3.55. The molecule has 1 fully saturated rings. The molecule has 4 rings (SSSR count). The zero-order chi connectivity index (χ0) is 21.3. The van der Waals surface area contributed by atoms with Gasteiger partial charge in [0.25, 0.3) is 10.0 Å².